The summed E-state index contributed by atoms with van der Waals surface area (Å²) in [6.07, 6.45) is 0. The third-order valence-corrected chi connectivity index (χ3v) is 3.27. The van der Waals surface area contributed by atoms with Crippen molar-refractivity contribution in [1.82, 2.24) is 5.32 Å². The van der Waals surface area contributed by atoms with E-state index >= 15 is 0 Å². The van der Waals surface area contributed by atoms with Crippen LogP contribution in [-0.2, 0) is 0 Å². The van der Waals surface area contributed by atoms with Gasteiger partial charge in [0.25, 0.3) is 0 Å². The van der Waals surface area contributed by atoms with Gasteiger partial charge in [0.05, 0.1) is 6.04 Å². The lowest BCUT2D eigenvalue weighted by molar-refractivity contribution is 0.268. The van der Waals surface area contributed by atoms with Crippen LogP contribution in [0.5, 0.6) is 5.75 Å². The standard InChI is InChI=1S/C15H13ClF3NO/c1-20-13(8-21-10-4-2-9(16)3-5-10)11-6-7-12(17)15(19)14(11)18/h2-7,13,20H,8H2,1H3. The lowest BCUT2D eigenvalue weighted by Gasteiger charge is -2.18. The van der Waals surface area contributed by atoms with E-state index in [4.69, 9.17) is 16.3 Å². The zero-order valence-corrected chi connectivity index (χ0v) is 11.9. The molecule has 112 valence electrons. The molecule has 0 fully saturated rings. The van der Waals surface area contributed by atoms with Crippen LogP contribution in [0.15, 0.2) is 36.4 Å². The van der Waals surface area contributed by atoms with Crippen molar-refractivity contribution in [2.24, 2.45) is 0 Å². The number of halogens is 4. The van der Waals surface area contributed by atoms with Crippen molar-refractivity contribution in [3.05, 3.63) is 64.4 Å². The van der Waals surface area contributed by atoms with E-state index in [-0.39, 0.29) is 12.2 Å². The number of nitrogens with one attached hydrogen (secondary N) is 1. The van der Waals surface area contributed by atoms with Gasteiger partial charge in [0, 0.05) is 10.6 Å². The van der Waals surface area contributed by atoms with Gasteiger partial charge >= 0.3 is 0 Å². The highest BCUT2D eigenvalue weighted by atomic mass is 35.5. The Morgan fingerprint density at radius 2 is 1.71 bits per heavy atom. The fourth-order valence-corrected chi connectivity index (χ4v) is 1.97. The van der Waals surface area contributed by atoms with E-state index in [2.05, 4.69) is 5.32 Å². The Hall–Kier alpha value is -1.72. The highest BCUT2D eigenvalue weighted by Gasteiger charge is 2.20. The quantitative estimate of drug-likeness (QED) is 0.839. The first-order chi connectivity index (χ1) is 10.0. The number of ether oxygens (including phenoxy) is 1. The molecule has 0 aliphatic heterocycles. The largest absolute Gasteiger partial charge is 0.492 e. The second-order valence-electron chi connectivity index (χ2n) is 4.37. The first-order valence-corrected chi connectivity index (χ1v) is 6.59. The summed E-state index contributed by atoms with van der Waals surface area (Å²) in [7, 11) is 1.58. The van der Waals surface area contributed by atoms with Gasteiger partial charge in [-0.15, -0.1) is 0 Å². The molecule has 2 aromatic carbocycles. The van der Waals surface area contributed by atoms with Gasteiger partial charge < -0.3 is 10.1 Å². The average molecular weight is 316 g/mol. The van der Waals surface area contributed by atoms with Crippen molar-refractivity contribution in [3.8, 4) is 5.75 Å². The molecule has 21 heavy (non-hydrogen) atoms. The number of rotatable bonds is 5. The van der Waals surface area contributed by atoms with Crippen LogP contribution >= 0.6 is 11.6 Å². The van der Waals surface area contributed by atoms with Crippen LogP contribution < -0.4 is 10.1 Å². The van der Waals surface area contributed by atoms with Gasteiger partial charge in [-0.2, -0.15) is 0 Å². The van der Waals surface area contributed by atoms with E-state index < -0.39 is 23.5 Å². The summed E-state index contributed by atoms with van der Waals surface area (Å²) in [6, 6.07) is 8.11. The van der Waals surface area contributed by atoms with Gasteiger partial charge in [-0.3, -0.25) is 0 Å². The van der Waals surface area contributed by atoms with Crippen molar-refractivity contribution in [2.45, 2.75) is 6.04 Å². The summed E-state index contributed by atoms with van der Waals surface area (Å²) >= 11 is 5.76. The first kappa shape index (κ1) is 15.7. The van der Waals surface area contributed by atoms with Crippen molar-refractivity contribution in [1.29, 1.82) is 0 Å². The molecule has 2 nitrogen and oxygen atoms in total. The predicted octanol–water partition coefficient (Wildman–Crippen LogP) is 4.10. The van der Waals surface area contributed by atoms with Crippen molar-refractivity contribution in [3.63, 3.8) is 0 Å². The maximum absolute atomic E-state index is 13.8. The lowest BCUT2D eigenvalue weighted by Crippen LogP contribution is -2.25. The van der Waals surface area contributed by atoms with Gasteiger partial charge in [0.2, 0.25) is 0 Å². The summed E-state index contributed by atoms with van der Waals surface area (Å²) in [5, 5.41) is 3.38. The normalized spacial score (nSPS) is 12.2. The van der Waals surface area contributed by atoms with E-state index in [9.17, 15) is 13.2 Å². The van der Waals surface area contributed by atoms with Gasteiger partial charge in [-0.1, -0.05) is 17.7 Å². The summed E-state index contributed by atoms with van der Waals surface area (Å²) < 4.78 is 45.4. The van der Waals surface area contributed by atoms with Gasteiger partial charge in [0.15, 0.2) is 17.5 Å². The second-order valence-corrected chi connectivity index (χ2v) is 4.81. The molecular formula is C15H13ClF3NO. The van der Waals surface area contributed by atoms with E-state index in [0.29, 0.717) is 10.8 Å². The van der Waals surface area contributed by atoms with Crippen LogP contribution in [0.1, 0.15) is 11.6 Å². The SMILES string of the molecule is CNC(COc1ccc(Cl)cc1)c1ccc(F)c(F)c1F. The Morgan fingerprint density at radius 1 is 1.05 bits per heavy atom. The minimum Gasteiger partial charge on any atom is -0.492 e. The molecule has 0 aliphatic carbocycles. The van der Waals surface area contributed by atoms with Crippen LogP contribution in [0, 0.1) is 17.5 Å². The third kappa shape index (κ3) is 3.68. The first-order valence-electron chi connectivity index (χ1n) is 6.22. The Morgan fingerprint density at radius 3 is 2.33 bits per heavy atom. The average Bonchev–Trinajstić information content (AvgIpc) is 2.49. The Labute approximate surface area is 125 Å². The third-order valence-electron chi connectivity index (χ3n) is 3.02. The van der Waals surface area contributed by atoms with Gasteiger partial charge in [0.1, 0.15) is 12.4 Å². The van der Waals surface area contributed by atoms with E-state index in [1.165, 1.54) is 6.07 Å². The summed E-state index contributed by atoms with van der Waals surface area (Å²) in [6.45, 7) is 0.0557. The maximum Gasteiger partial charge on any atom is 0.194 e. The number of hydrogen-bond acceptors (Lipinski definition) is 2. The molecule has 1 N–H and O–H groups in total. The van der Waals surface area contributed by atoms with Crippen molar-refractivity contribution in [2.75, 3.05) is 13.7 Å². The monoisotopic (exact) mass is 315 g/mol. The summed E-state index contributed by atoms with van der Waals surface area (Å²) in [4.78, 5) is 0. The number of benzene rings is 2. The maximum atomic E-state index is 13.8. The topological polar surface area (TPSA) is 21.3 Å². The second kappa shape index (κ2) is 6.83. The van der Waals surface area contributed by atoms with Crippen LogP contribution in [0.25, 0.3) is 0 Å². The molecule has 0 amide bonds. The van der Waals surface area contributed by atoms with Gasteiger partial charge in [-0.25, -0.2) is 13.2 Å². The van der Waals surface area contributed by atoms with Crippen LogP contribution in [0.3, 0.4) is 0 Å². The molecule has 6 heteroatoms. The molecule has 1 atom stereocenters. The molecule has 0 spiro atoms. The van der Waals surface area contributed by atoms with E-state index in [1.54, 1.807) is 31.3 Å². The zero-order valence-electron chi connectivity index (χ0n) is 11.2. The zero-order chi connectivity index (χ0) is 15.4. The van der Waals surface area contributed by atoms with Crippen molar-refractivity contribution < 1.29 is 17.9 Å². The minimum atomic E-state index is -1.49. The predicted molar refractivity (Wildman–Crippen MR) is 75.1 cm³/mol. The van der Waals surface area contributed by atoms with Crippen LogP contribution in [-0.4, -0.2) is 13.7 Å². The molecule has 0 saturated carbocycles. The Kier molecular flexibility index (Phi) is 5.09. The smallest absolute Gasteiger partial charge is 0.194 e. The van der Waals surface area contributed by atoms with Crippen LogP contribution in [0.2, 0.25) is 5.02 Å². The molecular weight excluding hydrogens is 303 g/mol. The van der Waals surface area contributed by atoms with Crippen molar-refractivity contribution >= 4 is 11.6 Å². The molecule has 1 unspecified atom stereocenters. The molecule has 2 aromatic rings. The summed E-state index contributed by atoms with van der Waals surface area (Å²) in [5.41, 5.74) is 0.00497. The molecule has 2 rings (SSSR count). The molecule has 0 aromatic heterocycles. The number of hydrogen-bond donors (Lipinski definition) is 1. The van der Waals surface area contributed by atoms with Gasteiger partial charge in [-0.05, 0) is 37.4 Å². The minimum absolute atomic E-state index is 0.00497. The fraction of sp³-hybridized carbons (Fsp3) is 0.200. The Bertz CT molecular complexity index is 619. The fourth-order valence-electron chi connectivity index (χ4n) is 1.85. The molecule has 0 radical (unpaired) electrons. The highest BCUT2D eigenvalue weighted by molar-refractivity contribution is 6.30. The summed E-state index contributed by atoms with van der Waals surface area (Å²) in [5.74, 6) is -3.37. The molecule has 0 heterocycles. The Balaban J connectivity index is 2.13. The van der Waals surface area contributed by atoms with E-state index in [0.717, 1.165) is 6.07 Å². The molecule has 0 aliphatic rings. The van der Waals surface area contributed by atoms with Crippen LogP contribution in [0.4, 0.5) is 13.2 Å². The molecule has 0 bridgehead atoms. The van der Waals surface area contributed by atoms with E-state index in [1.807, 2.05) is 0 Å². The lowest BCUT2D eigenvalue weighted by atomic mass is 10.1. The molecule has 0 saturated heterocycles. The highest BCUT2D eigenvalue weighted by Crippen LogP contribution is 2.23. The number of likely N-dealkylation sites (N-methyl/N-ethyl adjacent to an activating group) is 1.